The molecular formula is C29H33F2N3O6S. The molecule has 12 heteroatoms. The minimum Gasteiger partial charge on any atom is -0.462 e. The molecule has 0 saturated heterocycles. The van der Waals surface area contributed by atoms with E-state index >= 15 is 0 Å². The Kier molecular flexibility index (Phi) is 11.2. The predicted molar refractivity (Wildman–Crippen MR) is 153 cm³/mol. The van der Waals surface area contributed by atoms with Crippen molar-refractivity contribution in [1.29, 1.82) is 0 Å². The topological polar surface area (TPSA) is 97.4 Å². The second kappa shape index (κ2) is 14.6. The van der Waals surface area contributed by atoms with Gasteiger partial charge in [0.05, 0.1) is 31.9 Å². The van der Waals surface area contributed by atoms with Crippen LogP contribution in [-0.2, 0) is 27.3 Å². The van der Waals surface area contributed by atoms with Crippen molar-refractivity contribution in [3.8, 4) is 10.4 Å². The molecule has 2 amide bonds. The van der Waals surface area contributed by atoms with Crippen molar-refractivity contribution in [3.63, 3.8) is 0 Å². The Labute approximate surface area is 241 Å². The Morgan fingerprint density at radius 2 is 1.44 bits per heavy atom. The maximum absolute atomic E-state index is 14.7. The number of benzene rings is 2. The number of carbonyl (C=O) groups excluding carboxylic acids is 3. The zero-order valence-corrected chi connectivity index (χ0v) is 24.4. The van der Waals surface area contributed by atoms with E-state index < -0.39 is 36.3 Å². The first kappa shape index (κ1) is 31.5. The number of anilines is 2. The van der Waals surface area contributed by atoms with Gasteiger partial charge in [0.2, 0.25) is 0 Å². The van der Waals surface area contributed by atoms with Crippen LogP contribution in [0.3, 0.4) is 0 Å². The van der Waals surface area contributed by atoms with Crippen LogP contribution in [0.15, 0.2) is 42.5 Å². The molecule has 3 rings (SSSR count). The summed E-state index contributed by atoms with van der Waals surface area (Å²) in [5, 5.41) is 2.75. The summed E-state index contributed by atoms with van der Waals surface area (Å²) in [4.78, 5) is 42.0. The van der Waals surface area contributed by atoms with E-state index in [-0.39, 0.29) is 42.5 Å². The summed E-state index contributed by atoms with van der Waals surface area (Å²) < 4.78 is 44.9. The Morgan fingerprint density at radius 3 is 2.00 bits per heavy atom. The Hall–Kier alpha value is -4.03. The van der Waals surface area contributed by atoms with Crippen LogP contribution >= 0.6 is 11.3 Å². The number of esters is 1. The van der Waals surface area contributed by atoms with Crippen molar-refractivity contribution >= 4 is 40.2 Å². The van der Waals surface area contributed by atoms with Gasteiger partial charge in [-0.1, -0.05) is 18.2 Å². The highest BCUT2D eigenvalue weighted by Crippen LogP contribution is 2.44. The van der Waals surface area contributed by atoms with Crippen LogP contribution in [0.4, 0.5) is 29.1 Å². The molecule has 1 aromatic heterocycles. The lowest BCUT2D eigenvalue weighted by Crippen LogP contribution is -2.32. The second-order valence-corrected chi connectivity index (χ2v) is 9.96. The molecule has 0 aliphatic rings. The average Bonchev–Trinajstić information content (AvgIpc) is 3.27. The average molecular weight is 590 g/mol. The highest BCUT2D eigenvalue weighted by molar-refractivity contribution is 7.20. The Bertz CT molecular complexity index is 1360. The van der Waals surface area contributed by atoms with Gasteiger partial charge in [0.25, 0.3) is 0 Å². The Morgan fingerprint density at radius 1 is 0.829 bits per heavy atom. The maximum atomic E-state index is 14.7. The normalized spacial score (nSPS) is 10.8. The number of hydrogen-bond acceptors (Lipinski definition) is 8. The summed E-state index contributed by atoms with van der Waals surface area (Å²) in [6.45, 7) is 5.02. The number of rotatable bonds is 11. The fourth-order valence-electron chi connectivity index (χ4n) is 4.01. The quantitative estimate of drug-likeness (QED) is 0.197. The first-order valence-electron chi connectivity index (χ1n) is 13.0. The van der Waals surface area contributed by atoms with Crippen molar-refractivity contribution in [2.24, 2.45) is 0 Å². The van der Waals surface area contributed by atoms with E-state index in [2.05, 4.69) is 5.32 Å². The number of thiophene rings is 1. The van der Waals surface area contributed by atoms with Crippen LogP contribution < -0.4 is 10.2 Å². The summed E-state index contributed by atoms with van der Waals surface area (Å²) in [6, 6.07) is 10.3. The van der Waals surface area contributed by atoms with E-state index in [0.717, 1.165) is 28.4 Å². The molecule has 1 heterocycles. The lowest BCUT2D eigenvalue weighted by Gasteiger charge is -2.22. The van der Waals surface area contributed by atoms with Gasteiger partial charge >= 0.3 is 18.2 Å². The van der Waals surface area contributed by atoms with Gasteiger partial charge in [-0.15, -0.1) is 11.3 Å². The van der Waals surface area contributed by atoms with Gasteiger partial charge in [-0.25, -0.2) is 23.2 Å². The van der Waals surface area contributed by atoms with Gasteiger partial charge in [0, 0.05) is 28.2 Å². The third-order valence-corrected chi connectivity index (χ3v) is 7.03. The molecular weight excluding hydrogens is 556 g/mol. The molecule has 0 bridgehead atoms. The van der Waals surface area contributed by atoms with Gasteiger partial charge in [-0.2, -0.15) is 0 Å². The largest absolute Gasteiger partial charge is 0.462 e. The standard InChI is InChI=1S/C29H33F2N3O6S/c1-6-38-27(35)24-21(16-33(4)5)25(18-12-14-19(15-13-18)32-28(36)39-7-2)41-26(24)34(29(37)40-8-3)17-20-22(30)10-9-11-23(20)31/h9-15H,6-8,16-17H2,1-5H3,(H,32,36). The third-order valence-electron chi connectivity index (χ3n) is 5.72. The molecule has 0 fully saturated rings. The molecule has 0 aliphatic carbocycles. The number of halogens is 2. The molecule has 2 aromatic carbocycles. The van der Waals surface area contributed by atoms with Gasteiger partial charge in [-0.05, 0) is 64.7 Å². The van der Waals surface area contributed by atoms with E-state index in [1.807, 2.05) is 19.0 Å². The number of hydrogen-bond donors (Lipinski definition) is 1. The first-order valence-corrected chi connectivity index (χ1v) is 13.8. The van der Waals surface area contributed by atoms with Crippen molar-refractivity contribution in [3.05, 3.63) is 70.8 Å². The summed E-state index contributed by atoms with van der Waals surface area (Å²) in [6.07, 6.45) is -1.47. The van der Waals surface area contributed by atoms with Crippen LogP contribution in [-0.4, -0.2) is 57.0 Å². The van der Waals surface area contributed by atoms with Crippen molar-refractivity contribution < 1.29 is 37.4 Å². The molecule has 0 unspecified atom stereocenters. The predicted octanol–water partition coefficient (Wildman–Crippen LogP) is 6.66. The Balaban J connectivity index is 2.22. The molecule has 0 atom stereocenters. The molecule has 0 saturated carbocycles. The minimum atomic E-state index is -0.876. The van der Waals surface area contributed by atoms with Crippen molar-refractivity contribution in [1.82, 2.24) is 4.90 Å². The summed E-state index contributed by atoms with van der Waals surface area (Å²) >= 11 is 1.10. The molecule has 0 spiro atoms. The van der Waals surface area contributed by atoms with Crippen LogP contribution in [0, 0.1) is 11.6 Å². The smallest absolute Gasteiger partial charge is 0.415 e. The number of nitrogens with zero attached hydrogens (tertiary/aromatic N) is 2. The third kappa shape index (κ3) is 7.80. The number of amides is 2. The van der Waals surface area contributed by atoms with E-state index in [1.54, 1.807) is 45.0 Å². The molecule has 0 radical (unpaired) electrons. The molecule has 3 aromatic rings. The van der Waals surface area contributed by atoms with Crippen molar-refractivity contribution in [2.75, 3.05) is 44.1 Å². The van der Waals surface area contributed by atoms with Crippen LogP contribution in [0.2, 0.25) is 0 Å². The lowest BCUT2D eigenvalue weighted by molar-refractivity contribution is 0.0525. The summed E-state index contributed by atoms with van der Waals surface area (Å²) in [5.74, 6) is -2.37. The zero-order valence-electron chi connectivity index (χ0n) is 23.6. The van der Waals surface area contributed by atoms with E-state index in [1.165, 1.54) is 6.07 Å². The summed E-state index contributed by atoms with van der Waals surface area (Å²) in [5.41, 5.74) is 1.47. The molecule has 1 N–H and O–H groups in total. The van der Waals surface area contributed by atoms with E-state index in [0.29, 0.717) is 21.7 Å². The highest BCUT2D eigenvalue weighted by Gasteiger charge is 2.33. The van der Waals surface area contributed by atoms with E-state index in [4.69, 9.17) is 14.2 Å². The number of carbonyl (C=O) groups is 3. The van der Waals surface area contributed by atoms with Gasteiger partial charge in [0.15, 0.2) is 0 Å². The second-order valence-electron chi connectivity index (χ2n) is 8.96. The van der Waals surface area contributed by atoms with Crippen LogP contribution in [0.1, 0.15) is 42.3 Å². The monoisotopic (exact) mass is 589 g/mol. The molecule has 9 nitrogen and oxygen atoms in total. The molecule has 220 valence electrons. The zero-order chi connectivity index (χ0) is 30.1. The van der Waals surface area contributed by atoms with Gasteiger partial charge in [0.1, 0.15) is 16.6 Å². The van der Waals surface area contributed by atoms with Gasteiger partial charge in [-0.3, -0.25) is 10.2 Å². The lowest BCUT2D eigenvalue weighted by atomic mass is 10.0. The fourth-order valence-corrected chi connectivity index (χ4v) is 5.30. The highest BCUT2D eigenvalue weighted by atomic mass is 32.1. The maximum Gasteiger partial charge on any atom is 0.415 e. The number of ether oxygens (including phenoxy) is 3. The first-order chi connectivity index (χ1) is 19.6. The van der Waals surface area contributed by atoms with Crippen LogP contribution in [0.25, 0.3) is 10.4 Å². The molecule has 0 aliphatic heterocycles. The van der Waals surface area contributed by atoms with Crippen LogP contribution in [0.5, 0.6) is 0 Å². The van der Waals surface area contributed by atoms with E-state index in [9.17, 15) is 23.2 Å². The van der Waals surface area contributed by atoms with Crippen molar-refractivity contribution in [2.45, 2.75) is 33.9 Å². The fraction of sp³-hybridized carbons (Fsp3) is 0.345. The molecule has 41 heavy (non-hydrogen) atoms. The van der Waals surface area contributed by atoms with Gasteiger partial charge < -0.3 is 19.1 Å². The summed E-state index contributed by atoms with van der Waals surface area (Å²) in [7, 11) is 3.64. The SMILES string of the molecule is CCOC(=O)Nc1ccc(-c2sc(N(Cc3c(F)cccc3F)C(=O)OCC)c(C(=O)OCC)c2CN(C)C)cc1. The minimum absolute atomic E-state index is 0.00153. The number of nitrogens with one attached hydrogen (secondary N) is 1.